The van der Waals surface area contributed by atoms with Crippen molar-refractivity contribution in [2.75, 3.05) is 74.3 Å². The zero-order valence-electron chi connectivity index (χ0n) is 53.0. The van der Waals surface area contributed by atoms with E-state index in [1.165, 1.54) is 32.7 Å². The van der Waals surface area contributed by atoms with E-state index in [0.29, 0.717) is 40.0 Å². The van der Waals surface area contributed by atoms with E-state index in [4.69, 9.17) is 0 Å². The molecular weight excluding hydrogens is 1120 g/mol. The molecule has 0 atom stereocenters. The van der Waals surface area contributed by atoms with E-state index in [2.05, 4.69) is 142 Å². The Balaban J connectivity index is 0.000000150. The topological polar surface area (TPSA) is 158 Å². The maximum atomic E-state index is 13.2. The molecule has 0 aliphatic carbocycles. The summed E-state index contributed by atoms with van der Waals surface area (Å²) < 4.78 is 1.80. The monoisotopic (exact) mass is 1200 g/mol. The lowest BCUT2D eigenvalue weighted by atomic mass is 9.99. The quantitative estimate of drug-likeness (QED) is 0.0632. The second kappa shape index (κ2) is 29.0. The summed E-state index contributed by atoms with van der Waals surface area (Å²) in [6, 6.07) is 35.9. The number of aromatic nitrogens is 4. The highest BCUT2D eigenvalue weighted by Gasteiger charge is 2.35. The SMILES string of the molecule is CC1=NN(c2ccccn2)C(=O)C1=CC=C1N(C)c2ccccc2N1C.CCCCC1=NN(c2nccn2C)C(=O)C1=CC=C1N(C)c2ccccc2N1C.CCCCCC1=NN(c2ccccn2)C(=O)C1=C/C=C/C=C1\C=CN(CCCC)c2ccccc21. The number of imidazole rings is 1. The number of benzene rings is 3. The Bertz CT molecular complexity index is 3910. The number of fused-ring (bicyclic) bond motifs is 3. The fraction of sp³-hybridized carbons (Fsp3) is 0.264. The largest absolute Gasteiger partial charge is 0.347 e. The summed E-state index contributed by atoms with van der Waals surface area (Å²) in [4.78, 5) is 62.7. The van der Waals surface area contributed by atoms with Crippen LogP contribution in [0.15, 0.2) is 239 Å². The molecule has 18 heteroatoms. The van der Waals surface area contributed by atoms with E-state index < -0.39 is 0 Å². The van der Waals surface area contributed by atoms with Crippen LogP contribution in [0.5, 0.6) is 0 Å². The summed E-state index contributed by atoms with van der Waals surface area (Å²) in [5.41, 5.74) is 12.4. The number of aryl methyl sites for hydroxylation is 1. The maximum absolute atomic E-state index is 13.2. The molecule has 3 aromatic carbocycles. The molecule has 0 unspecified atom stereocenters. The standard InChI is InChI=1S/C30H34N4O.C22H26N6O.C20H19N5O/c1-3-5-7-17-27-26(30(35)34(32-27)29-19-12-13-21-31-29)16-9-8-14-24-20-23-33(22-6-4-2)28-18-11-10-15-25(24)28;1-5-6-9-17-16(21(29)28(24-17)22-23-14-15-25(22)2)12-13-20-26(3)18-10-7-8-11-19(18)27(20)4;1-14-15(20(26)25(22-14)18-10-6-7-13-21-18)11-12-19-23(2)16-8-4-5-9-17(16)24(19)3/h8-16,18-21,23H,3-7,17,22H2,1-2H3;7-8,10-15H,5-6,9H2,1-4H3;4-13H,1-3H3/b9-8+,24-14+,26-16?;;. The predicted molar refractivity (Wildman–Crippen MR) is 368 cm³/mol. The van der Waals surface area contributed by atoms with E-state index in [0.717, 1.165) is 109 Å². The number of rotatable bonds is 17. The van der Waals surface area contributed by atoms with Gasteiger partial charge >= 0.3 is 0 Å². The van der Waals surface area contributed by atoms with Gasteiger partial charge in [-0.1, -0.05) is 119 Å². The molecule has 6 aromatic rings. The third kappa shape index (κ3) is 13.5. The van der Waals surface area contributed by atoms with E-state index >= 15 is 0 Å². The predicted octanol–water partition coefficient (Wildman–Crippen LogP) is 13.9. The molecule has 18 nitrogen and oxygen atoms in total. The average Bonchev–Trinajstić information content (AvgIpc) is 1.91. The number of amides is 3. The molecule has 3 amide bonds. The van der Waals surface area contributed by atoms with Crippen LogP contribution in [-0.4, -0.2) is 89.1 Å². The van der Waals surface area contributed by atoms with Gasteiger partial charge in [-0.15, -0.1) is 0 Å². The Kier molecular flexibility index (Phi) is 20.2. The number of pyridine rings is 2. The lowest BCUT2D eigenvalue weighted by Gasteiger charge is -2.27. The lowest BCUT2D eigenvalue weighted by Crippen LogP contribution is -2.24. The Morgan fingerprint density at radius 2 is 0.922 bits per heavy atom. The molecule has 12 rings (SSSR count). The summed E-state index contributed by atoms with van der Waals surface area (Å²) in [7, 11) is 9.97. The first-order valence-electron chi connectivity index (χ1n) is 31.0. The van der Waals surface area contributed by atoms with Crippen LogP contribution in [0.1, 0.15) is 91.0 Å². The van der Waals surface area contributed by atoms with Gasteiger partial charge in [0, 0.05) is 84.0 Å². The zero-order chi connectivity index (χ0) is 63.3. The first kappa shape index (κ1) is 62.6. The summed E-state index contributed by atoms with van der Waals surface area (Å²) in [5.74, 6) is 3.19. The van der Waals surface area contributed by atoms with Crippen molar-refractivity contribution in [3.8, 4) is 0 Å². The number of hydrazone groups is 3. The van der Waals surface area contributed by atoms with E-state index in [1.54, 1.807) is 29.2 Å². The van der Waals surface area contributed by atoms with Gasteiger partial charge in [0.15, 0.2) is 11.6 Å². The second-order valence-electron chi connectivity index (χ2n) is 22.3. The highest BCUT2D eigenvalue weighted by Crippen LogP contribution is 2.41. The van der Waals surface area contributed by atoms with Crippen LogP contribution >= 0.6 is 0 Å². The van der Waals surface area contributed by atoms with Crippen LogP contribution in [0.3, 0.4) is 0 Å². The molecule has 9 heterocycles. The second-order valence-corrected chi connectivity index (χ2v) is 22.3. The fourth-order valence-corrected chi connectivity index (χ4v) is 11.2. The van der Waals surface area contributed by atoms with E-state index in [1.807, 2.05) is 145 Å². The highest BCUT2D eigenvalue weighted by atomic mass is 16.2. The maximum Gasteiger partial charge on any atom is 0.283 e. The number of unbranched alkanes of at least 4 members (excludes halogenated alkanes) is 4. The van der Waals surface area contributed by atoms with Crippen molar-refractivity contribution >= 4 is 86.5 Å². The average molecular weight is 1200 g/mol. The van der Waals surface area contributed by atoms with Gasteiger partial charge in [-0.25, -0.2) is 15.0 Å². The third-order valence-electron chi connectivity index (χ3n) is 16.2. The Hall–Kier alpha value is -10.5. The van der Waals surface area contributed by atoms with Crippen LogP contribution in [0.25, 0.3) is 5.57 Å². The number of hydrogen-bond donors (Lipinski definition) is 0. The molecule has 3 aromatic heterocycles. The summed E-state index contributed by atoms with van der Waals surface area (Å²) >= 11 is 0. The normalized spacial score (nSPS) is 17.7. The van der Waals surface area contributed by atoms with Crippen LogP contribution in [0, 0.1) is 0 Å². The highest BCUT2D eigenvalue weighted by molar-refractivity contribution is 6.31. The van der Waals surface area contributed by atoms with E-state index in [-0.39, 0.29) is 17.7 Å². The van der Waals surface area contributed by atoms with Gasteiger partial charge in [-0.2, -0.15) is 30.3 Å². The number of para-hydroxylation sites is 5. The van der Waals surface area contributed by atoms with Gasteiger partial charge in [0.25, 0.3) is 17.7 Å². The van der Waals surface area contributed by atoms with Crippen LogP contribution in [0.4, 0.5) is 46.0 Å². The van der Waals surface area contributed by atoms with Crippen molar-refractivity contribution in [2.24, 2.45) is 22.4 Å². The Morgan fingerprint density at radius 1 is 0.444 bits per heavy atom. The number of nitrogens with zero attached hydrogens (tertiary/aromatic N) is 15. The van der Waals surface area contributed by atoms with Gasteiger partial charge < -0.3 is 29.1 Å². The minimum atomic E-state index is -0.168. The molecule has 90 heavy (non-hydrogen) atoms. The molecule has 0 saturated carbocycles. The molecule has 460 valence electrons. The molecule has 6 aliphatic heterocycles. The number of hydrogen-bond acceptors (Lipinski definition) is 14. The summed E-state index contributed by atoms with van der Waals surface area (Å²) in [5, 5.41) is 17.8. The van der Waals surface area contributed by atoms with Crippen LogP contribution < -0.4 is 39.5 Å². The number of anilines is 8. The molecule has 0 fully saturated rings. The first-order chi connectivity index (χ1) is 43.8. The van der Waals surface area contributed by atoms with Crippen molar-refractivity contribution in [3.63, 3.8) is 0 Å². The van der Waals surface area contributed by atoms with Crippen LogP contribution in [0.2, 0.25) is 0 Å². The zero-order valence-corrected chi connectivity index (χ0v) is 53.0. The number of carbonyl (C=O) groups is 3. The van der Waals surface area contributed by atoms with E-state index in [9.17, 15) is 14.4 Å². The van der Waals surface area contributed by atoms with Crippen molar-refractivity contribution in [2.45, 2.75) is 85.5 Å². The molecular formula is C72H79N15O3. The van der Waals surface area contributed by atoms with Crippen molar-refractivity contribution in [1.82, 2.24) is 19.5 Å². The molecule has 6 aliphatic rings. The summed E-state index contributed by atoms with van der Waals surface area (Å²) in [6.07, 6.45) is 35.9. The lowest BCUT2D eigenvalue weighted by molar-refractivity contribution is -0.115. The number of allylic oxidation sites excluding steroid dienone is 10. The first-order valence-corrected chi connectivity index (χ1v) is 31.0. The molecule has 0 radical (unpaired) electrons. The molecule has 0 spiro atoms. The summed E-state index contributed by atoms with van der Waals surface area (Å²) in [6.45, 7) is 9.39. The molecule has 0 bridgehead atoms. The number of carbonyl (C=O) groups excluding carboxylic acids is 3. The van der Waals surface area contributed by atoms with Gasteiger partial charge in [0.1, 0.15) is 11.6 Å². The minimum absolute atomic E-state index is 0.123. The molecule has 0 N–H and O–H groups in total. The van der Waals surface area contributed by atoms with Gasteiger partial charge in [0.05, 0.1) is 56.6 Å². The minimum Gasteiger partial charge on any atom is -0.347 e. The molecule has 0 saturated heterocycles. The van der Waals surface area contributed by atoms with Crippen molar-refractivity contribution in [1.29, 1.82) is 0 Å². The Morgan fingerprint density at radius 3 is 1.47 bits per heavy atom. The van der Waals surface area contributed by atoms with Crippen molar-refractivity contribution in [3.05, 3.63) is 229 Å². The smallest absolute Gasteiger partial charge is 0.283 e. The fourth-order valence-electron chi connectivity index (χ4n) is 11.2. The van der Waals surface area contributed by atoms with Gasteiger partial charge in [-0.3, -0.25) is 14.4 Å². The Labute approximate surface area is 528 Å². The third-order valence-corrected chi connectivity index (χ3v) is 16.2. The van der Waals surface area contributed by atoms with Crippen molar-refractivity contribution < 1.29 is 14.4 Å². The van der Waals surface area contributed by atoms with Gasteiger partial charge in [-0.05, 0) is 136 Å². The van der Waals surface area contributed by atoms with Gasteiger partial charge in [0.2, 0.25) is 5.95 Å². The van der Waals surface area contributed by atoms with Crippen LogP contribution in [-0.2, 0) is 21.4 Å².